The topological polar surface area (TPSA) is 105 Å². The Balaban J connectivity index is 1.71. The number of methoxy groups -OCH3 is 2. The maximum atomic E-state index is 12.7. The summed E-state index contributed by atoms with van der Waals surface area (Å²) in [5.41, 5.74) is 1.08. The van der Waals surface area contributed by atoms with Gasteiger partial charge >= 0.3 is 0 Å². The molecular formula is C21H25N3O6S. The molecule has 0 saturated carbocycles. The number of sulfonamides is 1. The van der Waals surface area contributed by atoms with Gasteiger partial charge in [-0.25, -0.2) is 12.7 Å². The molecule has 166 valence electrons. The molecule has 1 aliphatic heterocycles. The number of nitrogens with zero attached hydrogens (tertiary/aromatic N) is 2. The Morgan fingerprint density at radius 1 is 1.06 bits per heavy atom. The predicted octanol–water partition coefficient (Wildman–Crippen LogP) is 1.95. The van der Waals surface area contributed by atoms with Crippen molar-refractivity contribution in [2.75, 3.05) is 45.1 Å². The van der Waals surface area contributed by atoms with E-state index in [-0.39, 0.29) is 29.7 Å². The molecule has 31 heavy (non-hydrogen) atoms. The van der Waals surface area contributed by atoms with Gasteiger partial charge in [-0.1, -0.05) is 0 Å². The van der Waals surface area contributed by atoms with Crippen LogP contribution in [0.1, 0.15) is 6.42 Å². The first-order valence-electron chi connectivity index (χ1n) is 9.53. The summed E-state index contributed by atoms with van der Waals surface area (Å²) in [6.45, 7) is 0.206. The van der Waals surface area contributed by atoms with Gasteiger partial charge in [-0.2, -0.15) is 0 Å². The van der Waals surface area contributed by atoms with Crippen LogP contribution >= 0.6 is 0 Å². The molecule has 10 heteroatoms. The summed E-state index contributed by atoms with van der Waals surface area (Å²) in [5.74, 6) is 0.0102. The van der Waals surface area contributed by atoms with E-state index >= 15 is 0 Å². The van der Waals surface area contributed by atoms with Gasteiger partial charge in [0.05, 0.1) is 25.0 Å². The second kappa shape index (κ2) is 8.94. The summed E-state index contributed by atoms with van der Waals surface area (Å²) in [6, 6.07) is 11.1. The van der Waals surface area contributed by atoms with Crippen LogP contribution in [0.3, 0.4) is 0 Å². The van der Waals surface area contributed by atoms with Crippen LogP contribution < -0.4 is 19.7 Å². The van der Waals surface area contributed by atoms with Gasteiger partial charge < -0.3 is 19.7 Å². The molecule has 1 atom stereocenters. The monoisotopic (exact) mass is 447 g/mol. The van der Waals surface area contributed by atoms with Crippen molar-refractivity contribution in [2.24, 2.45) is 5.92 Å². The lowest BCUT2D eigenvalue weighted by Gasteiger charge is -2.18. The van der Waals surface area contributed by atoms with E-state index < -0.39 is 15.9 Å². The zero-order chi connectivity index (χ0) is 22.8. The molecule has 1 heterocycles. The first kappa shape index (κ1) is 22.6. The number of nitrogens with one attached hydrogen (secondary N) is 1. The van der Waals surface area contributed by atoms with Crippen molar-refractivity contribution in [1.29, 1.82) is 0 Å². The summed E-state index contributed by atoms with van der Waals surface area (Å²) >= 11 is 0. The summed E-state index contributed by atoms with van der Waals surface area (Å²) in [4.78, 5) is 26.8. The van der Waals surface area contributed by atoms with Crippen LogP contribution in [-0.4, -0.2) is 59.4 Å². The van der Waals surface area contributed by atoms with Gasteiger partial charge in [0.2, 0.25) is 21.8 Å². The maximum Gasteiger partial charge on any atom is 0.242 e. The third-order valence-corrected chi connectivity index (χ3v) is 6.90. The summed E-state index contributed by atoms with van der Waals surface area (Å²) in [5, 5.41) is 2.81. The maximum absolute atomic E-state index is 12.7. The third kappa shape index (κ3) is 4.64. The Labute approximate surface area is 181 Å². The Bertz CT molecular complexity index is 1080. The van der Waals surface area contributed by atoms with Crippen LogP contribution in [0.4, 0.5) is 11.4 Å². The second-order valence-corrected chi connectivity index (χ2v) is 9.40. The largest absolute Gasteiger partial charge is 0.493 e. The molecule has 0 aliphatic carbocycles. The van der Waals surface area contributed by atoms with Gasteiger partial charge in [0.1, 0.15) is 0 Å². The van der Waals surface area contributed by atoms with Crippen LogP contribution in [0.2, 0.25) is 0 Å². The molecule has 3 rings (SSSR count). The minimum atomic E-state index is -3.55. The molecule has 1 saturated heterocycles. The fourth-order valence-corrected chi connectivity index (χ4v) is 4.20. The third-order valence-electron chi connectivity index (χ3n) is 5.07. The fraction of sp³-hybridized carbons (Fsp3) is 0.333. The average Bonchev–Trinajstić information content (AvgIpc) is 3.15. The summed E-state index contributed by atoms with van der Waals surface area (Å²) < 4.78 is 36.0. The molecule has 2 aromatic carbocycles. The number of hydrogen-bond acceptors (Lipinski definition) is 6. The van der Waals surface area contributed by atoms with Crippen LogP contribution in [-0.2, 0) is 19.6 Å². The highest BCUT2D eigenvalue weighted by Gasteiger charge is 2.35. The zero-order valence-corrected chi connectivity index (χ0v) is 18.6. The number of carbonyl (C=O) groups is 2. The van der Waals surface area contributed by atoms with Crippen molar-refractivity contribution in [3.8, 4) is 11.5 Å². The molecule has 0 unspecified atom stereocenters. The molecule has 2 aromatic rings. The molecule has 0 bridgehead atoms. The summed E-state index contributed by atoms with van der Waals surface area (Å²) in [7, 11) is 2.38. The highest BCUT2D eigenvalue weighted by molar-refractivity contribution is 7.89. The quantitative estimate of drug-likeness (QED) is 0.696. The van der Waals surface area contributed by atoms with Crippen molar-refractivity contribution in [3.63, 3.8) is 0 Å². The van der Waals surface area contributed by atoms with E-state index in [1.54, 1.807) is 30.3 Å². The van der Waals surface area contributed by atoms with Gasteiger partial charge in [0, 0.05) is 44.5 Å². The minimum Gasteiger partial charge on any atom is -0.493 e. The molecule has 2 amide bonds. The lowest BCUT2D eigenvalue weighted by molar-refractivity contribution is -0.122. The normalized spacial score (nSPS) is 16.5. The number of hydrogen-bond donors (Lipinski definition) is 1. The van der Waals surface area contributed by atoms with Gasteiger partial charge in [0.15, 0.2) is 11.5 Å². The molecule has 0 aromatic heterocycles. The van der Waals surface area contributed by atoms with E-state index in [4.69, 9.17) is 9.47 Å². The van der Waals surface area contributed by atoms with Gasteiger partial charge in [-0.05, 0) is 36.4 Å². The Kier molecular flexibility index (Phi) is 6.51. The van der Waals surface area contributed by atoms with E-state index in [9.17, 15) is 18.0 Å². The van der Waals surface area contributed by atoms with Gasteiger partial charge in [-0.15, -0.1) is 0 Å². The Hall–Kier alpha value is -3.11. The van der Waals surface area contributed by atoms with E-state index in [1.807, 2.05) is 0 Å². The number of carbonyl (C=O) groups excluding carboxylic acids is 2. The van der Waals surface area contributed by atoms with Crippen LogP contribution in [0.5, 0.6) is 11.5 Å². The lowest BCUT2D eigenvalue weighted by Crippen LogP contribution is -2.28. The highest BCUT2D eigenvalue weighted by atomic mass is 32.2. The molecule has 1 aliphatic rings. The second-order valence-electron chi connectivity index (χ2n) is 7.25. The minimum absolute atomic E-state index is 0.0663. The molecule has 9 nitrogen and oxygen atoms in total. The number of amides is 2. The van der Waals surface area contributed by atoms with Crippen molar-refractivity contribution in [1.82, 2.24) is 4.31 Å². The SMILES string of the molecule is COc1ccc(NC(=O)[C@@H]2CC(=O)N(c3ccc(S(=O)(=O)N(C)C)cc3)C2)cc1OC. The van der Waals surface area contributed by atoms with Crippen molar-refractivity contribution >= 4 is 33.2 Å². The van der Waals surface area contributed by atoms with E-state index in [0.717, 1.165) is 4.31 Å². The van der Waals surface area contributed by atoms with Crippen LogP contribution in [0.15, 0.2) is 47.4 Å². The average molecular weight is 448 g/mol. The highest BCUT2D eigenvalue weighted by Crippen LogP contribution is 2.31. The molecule has 1 fully saturated rings. The fourth-order valence-electron chi connectivity index (χ4n) is 3.30. The van der Waals surface area contributed by atoms with Crippen LogP contribution in [0, 0.1) is 5.92 Å². The number of rotatable bonds is 7. The van der Waals surface area contributed by atoms with Gasteiger partial charge in [0.25, 0.3) is 0 Å². The summed E-state index contributed by atoms with van der Waals surface area (Å²) in [6.07, 6.45) is 0.0663. The zero-order valence-electron chi connectivity index (χ0n) is 17.8. The number of anilines is 2. The number of ether oxygens (including phenoxy) is 2. The van der Waals surface area contributed by atoms with Crippen molar-refractivity contribution in [2.45, 2.75) is 11.3 Å². The van der Waals surface area contributed by atoms with Crippen LogP contribution in [0.25, 0.3) is 0 Å². The van der Waals surface area contributed by atoms with E-state index in [1.165, 1.54) is 45.3 Å². The van der Waals surface area contributed by atoms with Crippen molar-refractivity contribution < 1.29 is 27.5 Å². The standard InChI is InChI=1S/C21H25N3O6S/c1-23(2)31(27,28)17-8-6-16(7-9-17)24-13-14(11-20(24)25)21(26)22-15-5-10-18(29-3)19(12-15)30-4/h5-10,12,14H,11,13H2,1-4H3,(H,22,26)/t14-/m1/s1. The van der Waals surface area contributed by atoms with E-state index in [0.29, 0.717) is 22.9 Å². The first-order chi connectivity index (χ1) is 14.7. The number of benzene rings is 2. The Morgan fingerprint density at radius 3 is 2.29 bits per heavy atom. The smallest absolute Gasteiger partial charge is 0.242 e. The van der Waals surface area contributed by atoms with Gasteiger partial charge in [-0.3, -0.25) is 9.59 Å². The molecule has 0 spiro atoms. The predicted molar refractivity (Wildman–Crippen MR) is 116 cm³/mol. The Morgan fingerprint density at radius 2 is 1.71 bits per heavy atom. The molecular weight excluding hydrogens is 422 g/mol. The first-order valence-corrected chi connectivity index (χ1v) is 11.0. The van der Waals surface area contributed by atoms with E-state index in [2.05, 4.69) is 5.32 Å². The van der Waals surface area contributed by atoms with Crippen molar-refractivity contribution in [3.05, 3.63) is 42.5 Å². The lowest BCUT2D eigenvalue weighted by atomic mass is 10.1. The molecule has 0 radical (unpaired) electrons. The molecule has 1 N–H and O–H groups in total.